The van der Waals surface area contributed by atoms with Crippen molar-refractivity contribution in [3.05, 3.63) is 96.1 Å². The minimum Gasteiger partial charge on any atom is -0.458 e. The van der Waals surface area contributed by atoms with Gasteiger partial charge >= 0.3 is 11.9 Å². The first-order valence-electron chi connectivity index (χ1n) is 12.3. The first kappa shape index (κ1) is 25.5. The average Bonchev–Trinajstić information content (AvgIpc) is 2.89. The van der Waals surface area contributed by atoms with E-state index in [4.69, 9.17) is 9.47 Å². The van der Waals surface area contributed by atoms with Gasteiger partial charge in [-0.25, -0.2) is 9.59 Å². The first-order chi connectivity index (χ1) is 16.6. The minimum absolute atomic E-state index is 0.296. The first-order valence-corrected chi connectivity index (χ1v) is 12.3. The van der Waals surface area contributed by atoms with Crippen LogP contribution in [-0.4, -0.2) is 11.9 Å². The predicted molar refractivity (Wildman–Crippen MR) is 135 cm³/mol. The Morgan fingerprint density at radius 3 is 1.29 bits per heavy atom. The molecule has 0 bridgehead atoms. The van der Waals surface area contributed by atoms with Crippen LogP contribution in [0.2, 0.25) is 0 Å². The van der Waals surface area contributed by atoms with Crippen LogP contribution in [0, 0.1) is 11.8 Å². The van der Waals surface area contributed by atoms with Crippen molar-refractivity contribution in [1.29, 1.82) is 0 Å². The van der Waals surface area contributed by atoms with E-state index >= 15 is 0 Å². The van der Waals surface area contributed by atoms with Gasteiger partial charge in [0.05, 0.1) is 0 Å². The highest BCUT2D eigenvalue weighted by Crippen LogP contribution is 2.34. The second-order valence-corrected chi connectivity index (χ2v) is 9.22. The molecule has 34 heavy (non-hydrogen) atoms. The van der Waals surface area contributed by atoms with E-state index in [0.29, 0.717) is 13.2 Å². The number of hydrogen-bond donors (Lipinski definition) is 0. The summed E-state index contributed by atoms with van der Waals surface area (Å²) in [6.45, 7) is 7.41. The van der Waals surface area contributed by atoms with E-state index in [-0.39, 0.29) is 11.9 Å². The summed E-state index contributed by atoms with van der Waals surface area (Å²) >= 11 is 0. The van der Waals surface area contributed by atoms with Crippen molar-refractivity contribution in [2.24, 2.45) is 11.8 Å². The number of carbonyl (C=O) groups is 2. The van der Waals surface area contributed by atoms with E-state index in [1.54, 1.807) is 0 Å². The molecule has 4 nitrogen and oxygen atoms in total. The maximum Gasteiger partial charge on any atom is 0.330 e. The van der Waals surface area contributed by atoms with Gasteiger partial charge < -0.3 is 9.47 Å². The largest absolute Gasteiger partial charge is 0.458 e. The zero-order valence-electron chi connectivity index (χ0n) is 20.0. The van der Waals surface area contributed by atoms with Gasteiger partial charge in [-0.15, -0.1) is 0 Å². The lowest BCUT2D eigenvalue weighted by molar-refractivity contribution is -0.139. The minimum atomic E-state index is -0.388. The van der Waals surface area contributed by atoms with Gasteiger partial charge in [-0.1, -0.05) is 87.4 Å². The Hall–Kier alpha value is -3.14. The lowest BCUT2D eigenvalue weighted by atomic mass is 9.77. The summed E-state index contributed by atoms with van der Waals surface area (Å²) in [6.07, 6.45) is 12.4. The lowest BCUT2D eigenvalue weighted by Crippen LogP contribution is -2.15. The molecule has 0 saturated heterocycles. The van der Waals surface area contributed by atoms with Gasteiger partial charge in [-0.2, -0.15) is 0 Å². The smallest absolute Gasteiger partial charge is 0.330 e. The van der Waals surface area contributed by atoms with E-state index in [2.05, 4.69) is 37.4 Å². The molecule has 0 atom stereocenters. The maximum atomic E-state index is 11.2. The van der Waals surface area contributed by atoms with Gasteiger partial charge in [0.2, 0.25) is 0 Å². The zero-order valence-corrected chi connectivity index (χ0v) is 20.0. The summed E-state index contributed by atoms with van der Waals surface area (Å²) < 4.78 is 10.2. The average molecular weight is 461 g/mol. The fourth-order valence-corrected chi connectivity index (χ4v) is 4.58. The Kier molecular flexibility index (Phi) is 10.1. The lowest BCUT2D eigenvalue weighted by Gasteiger charge is -2.28. The van der Waals surface area contributed by atoms with E-state index in [1.807, 2.05) is 24.3 Å². The molecular weight excluding hydrogens is 424 g/mol. The highest BCUT2D eigenvalue weighted by molar-refractivity contribution is 5.81. The molecular formula is C30H36O4. The van der Waals surface area contributed by atoms with Crippen LogP contribution in [0.15, 0.2) is 73.8 Å². The van der Waals surface area contributed by atoms with Crippen LogP contribution < -0.4 is 0 Å². The molecule has 0 heterocycles. The molecule has 0 radical (unpaired) electrons. The van der Waals surface area contributed by atoms with Crippen molar-refractivity contribution in [1.82, 2.24) is 0 Å². The number of hydrogen-bond acceptors (Lipinski definition) is 4. The van der Waals surface area contributed by atoms with Crippen molar-refractivity contribution in [3.8, 4) is 0 Å². The molecule has 4 heteroatoms. The molecule has 0 aliphatic heterocycles. The molecule has 0 aromatic heterocycles. The van der Waals surface area contributed by atoms with Gasteiger partial charge in [0.15, 0.2) is 0 Å². The molecule has 180 valence electrons. The summed E-state index contributed by atoms with van der Waals surface area (Å²) in [7, 11) is 0. The molecule has 3 rings (SSSR count). The van der Waals surface area contributed by atoms with Gasteiger partial charge in [0, 0.05) is 12.2 Å². The van der Waals surface area contributed by atoms with Crippen LogP contribution >= 0.6 is 0 Å². The summed E-state index contributed by atoms with van der Waals surface area (Å²) in [6, 6.07) is 16.8. The Balaban J connectivity index is 1.31. The van der Waals surface area contributed by atoms with Crippen molar-refractivity contribution in [2.75, 3.05) is 0 Å². The van der Waals surface area contributed by atoms with Gasteiger partial charge in [0.1, 0.15) is 13.2 Å². The SMILES string of the molecule is C=CC(=O)OCc1ccc(CCC2CCC(CCc3ccc(COC(=O)C=C)cc3)CC2)cc1. The van der Waals surface area contributed by atoms with Crippen LogP contribution in [-0.2, 0) is 45.1 Å². The standard InChI is InChI=1S/C30H36O4/c1-3-29(31)33-21-27-17-13-25(14-18-27)11-9-23-5-7-24(8-6-23)10-12-26-15-19-28(20-16-26)22-34-30(32)4-2/h3-4,13-20,23-24H,1-2,5-12,21-22H2. The molecule has 0 amide bonds. The molecule has 0 unspecified atom stereocenters. The number of esters is 2. The van der Waals surface area contributed by atoms with E-state index < -0.39 is 0 Å². The second-order valence-electron chi connectivity index (χ2n) is 9.22. The van der Waals surface area contributed by atoms with Crippen LogP contribution in [0.1, 0.15) is 60.8 Å². The fraction of sp³-hybridized carbons (Fsp3) is 0.400. The normalized spacial score (nSPS) is 17.5. The summed E-state index contributed by atoms with van der Waals surface area (Å²) in [5.74, 6) is 0.867. The third-order valence-corrected chi connectivity index (χ3v) is 6.79. The Bertz CT molecular complexity index is 855. The number of ether oxygens (including phenoxy) is 2. The van der Waals surface area contributed by atoms with Crippen molar-refractivity contribution in [3.63, 3.8) is 0 Å². The van der Waals surface area contributed by atoms with Crippen LogP contribution in [0.3, 0.4) is 0 Å². The fourth-order valence-electron chi connectivity index (χ4n) is 4.58. The molecule has 0 N–H and O–H groups in total. The van der Waals surface area contributed by atoms with Gasteiger partial charge in [0.25, 0.3) is 0 Å². The van der Waals surface area contributed by atoms with Crippen LogP contribution in [0.4, 0.5) is 0 Å². The van der Waals surface area contributed by atoms with Crippen molar-refractivity contribution in [2.45, 2.75) is 64.6 Å². The van der Waals surface area contributed by atoms with Crippen molar-refractivity contribution >= 4 is 11.9 Å². The van der Waals surface area contributed by atoms with E-state index in [9.17, 15) is 9.59 Å². The second kappa shape index (κ2) is 13.5. The molecule has 0 spiro atoms. The third-order valence-electron chi connectivity index (χ3n) is 6.79. The molecule has 1 saturated carbocycles. The highest BCUT2D eigenvalue weighted by Gasteiger charge is 2.21. The van der Waals surface area contributed by atoms with Crippen LogP contribution in [0.25, 0.3) is 0 Å². The Morgan fingerprint density at radius 1 is 0.647 bits per heavy atom. The van der Waals surface area contributed by atoms with Gasteiger partial charge in [-0.3, -0.25) is 0 Å². The quantitative estimate of drug-likeness (QED) is 0.267. The molecule has 2 aromatic rings. The predicted octanol–water partition coefficient (Wildman–Crippen LogP) is 6.52. The topological polar surface area (TPSA) is 52.6 Å². The summed E-state index contributed by atoms with van der Waals surface area (Å²) in [5.41, 5.74) is 4.71. The summed E-state index contributed by atoms with van der Waals surface area (Å²) in [5, 5.41) is 0. The Morgan fingerprint density at radius 2 is 0.971 bits per heavy atom. The number of aryl methyl sites for hydroxylation is 2. The van der Waals surface area contributed by atoms with E-state index in [0.717, 1.165) is 35.8 Å². The third kappa shape index (κ3) is 8.66. The zero-order chi connectivity index (χ0) is 24.2. The highest BCUT2D eigenvalue weighted by atomic mass is 16.5. The number of benzene rings is 2. The van der Waals surface area contributed by atoms with Crippen molar-refractivity contribution < 1.29 is 19.1 Å². The van der Waals surface area contributed by atoms with E-state index in [1.165, 1.54) is 61.8 Å². The number of carbonyl (C=O) groups excluding carboxylic acids is 2. The maximum absolute atomic E-state index is 11.2. The molecule has 1 fully saturated rings. The molecule has 2 aromatic carbocycles. The monoisotopic (exact) mass is 460 g/mol. The summed E-state index contributed by atoms with van der Waals surface area (Å²) in [4.78, 5) is 22.3. The van der Waals surface area contributed by atoms with Gasteiger partial charge in [-0.05, 0) is 59.8 Å². The number of rotatable bonds is 12. The Labute approximate surface area is 203 Å². The molecule has 1 aliphatic carbocycles. The van der Waals surface area contributed by atoms with Crippen LogP contribution in [0.5, 0.6) is 0 Å². The molecule has 1 aliphatic rings.